The van der Waals surface area contributed by atoms with Crippen molar-refractivity contribution in [2.24, 2.45) is 16.7 Å². The lowest BCUT2D eigenvalue weighted by atomic mass is 9.57. The molecule has 0 radical (unpaired) electrons. The molecule has 0 unspecified atom stereocenters. The van der Waals surface area contributed by atoms with Crippen LogP contribution in [0.25, 0.3) is 0 Å². The van der Waals surface area contributed by atoms with Crippen molar-refractivity contribution in [2.45, 2.75) is 45.6 Å². The third-order valence-electron chi connectivity index (χ3n) is 6.34. The normalized spacial score (nSPS) is 38.2. The van der Waals surface area contributed by atoms with Gasteiger partial charge in [-0.3, -0.25) is 0 Å². The summed E-state index contributed by atoms with van der Waals surface area (Å²) < 4.78 is 0. The highest BCUT2D eigenvalue weighted by molar-refractivity contribution is 5.57. The average molecular weight is 273 g/mol. The lowest BCUT2D eigenvalue weighted by molar-refractivity contribution is -0.150. The van der Waals surface area contributed by atoms with Crippen LogP contribution in [0.2, 0.25) is 0 Å². The van der Waals surface area contributed by atoms with Gasteiger partial charge in [0.2, 0.25) is 0 Å². The summed E-state index contributed by atoms with van der Waals surface area (Å²) in [5.74, 6) is 0.632. The average Bonchev–Trinajstić information content (AvgIpc) is 2.86. The fourth-order valence-corrected chi connectivity index (χ4v) is 5.10. The minimum atomic E-state index is -0.732. The Morgan fingerprint density at radius 2 is 1.80 bits per heavy atom. The summed E-state index contributed by atoms with van der Waals surface area (Å²) in [4.78, 5) is 2.12. The van der Waals surface area contributed by atoms with Gasteiger partial charge in [0.25, 0.3) is 0 Å². The largest absolute Gasteiger partial charge is 0.384 e. The smallest absolute Gasteiger partial charge is 0.102 e. The summed E-state index contributed by atoms with van der Waals surface area (Å²) in [7, 11) is 4.12. The fraction of sp³-hybridized carbons (Fsp3) is 0.667. The number of fused-ring (bicyclic) bond motifs is 2. The first-order chi connectivity index (χ1) is 9.24. The van der Waals surface area contributed by atoms with E-state index in [2.05, 4.69) is 64.0 Å². The lowest BCUT2D eigenvalue weighted by Crippen LogP contribution is -2.51. The Kier molecular flexibility index (Phi) is 2.79. The number of hydrogen-bond acceptors (Lipinski definition) is 2. The summed E-state index contributed by atoms with van der Waals surface area (Å²) in [6.07, 6.45) is 3.55. The van der Waals surface area contributed by atoms with Crippen molar-refractivity contribution < 1.29 is 5.11 Å². The highest BCUT2D eigenvalue weighted by atomic mass is 16.3. The first kappa shape index (κ1) is 13.9. The molecule has 0 aromatic heterocycles. The SMILES string of the molecule is CN(C)c1ccccc1[C@@]1(O)C(C)(C)[C@H]2CC[C@]1(C)C2. The van der Waals surface area contributed by atoms with Gasteiger partial charge in [0, 0.05) is 36.2 Å². The van der Waals surface area contributed by atoms with Gasteiger partial charge < -0.3 is 10.0 Å². The van der Waals surface area contributed by atoms with E-state index in [0.29, 0.717) is 5.92 Å². The number of para-hydroxylation sites is 1. The molecule has 1 aromatic carbocycles. The number of nitrogens with zero attached hydrogens (tertiary/aromatic N) is 1. The zero-order chi connectivity index (χ0) is 14.8. The predicted octanol–water partition coefficient (Wildman–Crippen LogP) is 3.79. The van der Waals surface area contributed by atoms with Crippen molar-refractivity contribution in [3.05, 3.63) is 29.8 Å². The van der Waals surface area contributed by atoms with Crippen LogP contribution in [0, 0.1) is 16.7 Å². The molecule has 0 saturated heterocycles. The zero-order valence-corrected chi connectivity index (χ0v) is 13.4. The Bertz CT molecular complexity index is 529. The molecule has 20 heavy (non-hydrogen) atoms. The summed E-state index contributed by atoms with van der Waals surface area (Å²) in [5.41, 5.74) is 1.47. The maximum absolute atomic E-state index is 11.8. The second-order valence-electron chi connectivity index (χ2n) is 7.84. The molecule has 2 aliphatic rings. The monoisotopic (exact) mass is 273 g/mol. The maximum Gasteiger partial charge on any atom is 0.102 e. The molecule has 2 fully saturated rings. The number of aliphatic hydroxyl groups is 1. The molecule has 3 atom stereocenters. The summed E-state index contributed by atoms with van der Waals surface area (Å²) in [6, 6.07) is 8.37. The molecule has 1 N–H and O–H groups in total. The topological polar surface area (TPSA) is 23.5 Å². The first-order valence-corrected chi connectivity index (χ1v) is 7.73. The predicted molar refractivity (Wildman–Crippen MR) is 83.9 cm³/mol. The molecule has 0 heterocycles. The van der Waals surface area contributed by atoms with Crippen LogP contribution >= 0.6 is 0 Å². The van der Waals surface area contributed by atoms with Crippen LogP contribution in [0.3, 0.4) is 0 Å². The standard InChI is InChI=1S/C18H27NO/c1-16(2)13-10-11-17(3,12-13)18(16,20)14-8-6-7-9-15(14)19(4)5/h6-9,13,20H,10-12H2,1-5H3/t13-,17+,18+/m0/s1. The van der Waals surface area contributed by atoms with Crippen molar-refractivity contribution in [1.82, 2.24) is 0 Å². The van der Waals surface area contributed by atoms with Crippen molar-refractivity contribution in [1.29, 1.82) is 0 Å². The third-order valence-corrected chi connectivity index (χ3v) is 6.34. The molecule has 2 heteroatoms. The van der Waals surface area contributed by atoms with Gasteiger partial charge in [-0.15, -0.1) is 0 Å². The van der Waals surface area contributed by atoms with Gasteiger partial charge in [0.15, 0.2) is 0 Å². The Hall–Kier alpha value is -1.02. The van der Waals surface area contributed by atoms with Crippen LogP contribution in [0.1, 0.15) is 45.6 Å². The van der Waals surface area contributed by atoms with E-state index in [1.807, 2.05) is 0 Å². The fourth-order valence-electron chi connectivity index (χ4n) is 5.10. The Labute approximate surface area is 122 Å². The van der Waals surface area contributed by atoms with Gasteiger partial charge in [0.1, 0.15) is 5.60 Å². The van der Waals surface area contributed by atoms with E-state index in [1.54, 1.807) is 0 Å². The van der Waals surface area contributed by atoms with Gasteiger partial charge in [0.05, 0.1) is 0 Å². The van der Waals surface area contributed by atoms with Gasteiger partial charge >= 0.3 is 0 Å². The van der Waals surface area contributed by atoms with Crippen LogP contribution in [0.15, 0.2) is 24.3 Å². The quantitative estimate of drug-likeness (QED) is 0.886. The van der Waals surface area contributed by atoms with Gasteiger partial charge in [-0.05, 0) is 31.2 Å². The van der Waals surface area contributed by atoms with Gasteiger partial charge in [-0.25, -0.2) is 0 Å². The second-order valence-corrected chi connectivity index (χ2v) is 7.84. The summed E-state index contributed by atoms with van der Waals surface area (Å²) in [5, 5.41) is 11.8. The number of anilines is 1. The van der Waals surface area contributed by atoms with Crippen LogP contribution < -0.4 is 4.90 Å². The van der Waals surface area contributed by atoms with Crippen LogP contribution in [0.5, 0.6) is 0 Å². The van der Waals surface area contributed by atoms with E-state index in [1.165, 1.54) is 6.42 Å². The first-order valence-electron chi connectivity index (χ1n) is 7.73. The van der Waals surface area contributed by atoms with Crippen molar-refractivity contribution >= 4 is 5.69 Å². The lowest BCUT2D eigenvalue weighted by Gasteiger charge is -2.52. The molecule has 2 bridgehead atoms. The van der Waals surface area contributed by atoms with Gasteiger partial charge in [-0.2, -0.15) is 0 Å². The molecule has 110 valence electrons. The maximum atomic E-state index is 11.8. The molecule has 2 nitrogen and oxygen atoms in total. The molecule has 3 rings (SSSR count). The Balaban J connectivity index is 2.23. The van der Waals surface area contributed by atoms with E-state index >= 15 is 0 Å². The molecule has 0 aliphatic heterocycles. The molecule has 1 aromatic rings. The number of hydrogen-bond donors (Lipinski definition) is 1. The highest BCUT2D eigenvalue weighted by Gasteiger charge is 2.69. The zero-order valence-electron chi connectivity index (χ0n) is 13.4. The van der Waals surface area contributed by atoms with E-state index in [4.69, 9.17) is 0 Å². The molecule has 0 spiro atoms. The Morgan fingerprint density at radius 1 is 1.15 bits per heavy atom. The van der Waals surface area contributed by atoms with E-state index in [-0.39, 0.29) is 10.8 Å². The minimum Gasteiger partial charge on any atom is -0.384 e. The van der Waals surface area contributed by atoms with E-state index < -0.39 is 5.60 Å². The second kappa shape index (κ2) is 4.00. The van der Waals surface area contributed by atoms with Crippen LogP contribution in [-0.2, 0) is 5.60 Å². The molecule has 2 aliphatic carbocycles. The highest BCUT2D eigenvalue weighted by Crippen LogP contribution is 2.72. The molecular formula is C18H27NO. The van der Waals surface area contributed by atoms with Crippen molar-refractivity contribution in [3.63, 3.8) is 0 Å². The van der Waals surface area contributed by atoms with E-state index in [0.717, 1.165) is 24.1 Å². The summed E-state index contributed by atoms with van der Waals surface area (Å²) in [6.45, 7) is 6.80. The number of rotatable bonds is 2. The minimum absolute atomic E-state index is 0.00722. The third kappa shape index (κ3) is 1.43. The molecule has 0 amide bonds. The van der Waals surface area contributed by atoms with Crippen molar-refractivity contribution in [2.75, 3.05) is 19.0 Å². The number of benzene rings is 1. The summed E-state index contributed by atoms with van der Waals surface area (Å²) >= 11 is 0. The molecular weight excluding hydrogens is 246 g/mol. The van der Waals surface area contributed by atoms with E-state index in [9.17, 15) is 5.11 Å². The van der Waals surface area contributed by atoms with Crippen LogP contribution in [-0.4, -0.2) is 19.2 Å². The molecule has 2 saturated carbocycles. The van der Waals surface area contributed by atoms with Crippen molar-refractivity contribution in [3.8, 4) is 0 Å². The van der Waals surface area contributed by atoms with Crippen LogP contribution in [0.4, 0.5) is 5.69 Å². The Morgan fingerprint density at radius 3 is 2.35 bits per heavy atom. The van der Waals surface area contributed by atoms with Gasteiger partial charge in [-0.1, -0.05) is 39.0 Å².